The summed E-state index contributed by atoms with van der Waals surface area (Å²) < 4.78 is 29.2. The van der Waals surface area contributed by atoms with Gasteiger partial charge in [0.2, 0.25) is 0 Å². The Morgan fingerprint density at radius 3 is 2.90 bits per heavy atom. The van der Waals surface area contributed by atoms with Crippen LogP contribution in [0.1, 0.15) is 25.7 Å². The Morgan fingerprint density at radius 1 is 1.33 bits per heavy atom. The lowest BCUT2D eigenvalue weighted by atomic mass is 9.83. The van der Waals surface area contributed by atoms with Crippen LogP contribution in [-0.4, -0.2) is 21.0 Å². The predicted molar refractivity (Wildman–Crippen MR) is 81.9 cm³/mol. The van der Waals surface area contributed by atoms with E-state index in [1.807, 2.05) is 6.21 Å². The number of anilines is 1. The molecule has 1 heterocycles. The summed E-state index contributed by atoms with van der Waals surface area (Å²) in [6.07, 6.45) is 8.33. The smallest absolute Gasteiger partial charge is 0.127 e. The average Bonchev–Trinajstić information content (AvgIpc) is 2.49. The van der Waals surface area contributed by atoms with Crippen LogP contribution in [0, 0.1) is 5.92 Å². The molecule has 5 nitrogen and oxygen atoms in total. The number of fused-ring (bicyclic) bond motifs is 1. The molecule has 0 radical (unpaired) electrons. The molecular formula is C15H17N2O3S-. The minimum Gasteiger partial charge on any atom is -0.755 e. The zero-order valence-corrected chi connectivity index (χ0v) is 12.3. The van der Waals surface area contributed by atoms with Crippen molar-refractivity contribution in [2.45, 2.75) is 31.7 Å². The van der Waals surface area contributed by atoms with Crippen molar-refractivity contribution in [3.63, 3.8) is 0 Å². The van der Waals surface area contributed by atoms with E-state index >= 15 is 0 Å². The van der Waals surface area contributed by atoms with Gasteiger partial charge in [-0.1, -0.05) is 0 Å². The van der Waals surface area contributed by atoms with Crippen molar-refractivity contribution in [1.29, 1.82) is 0 Å². The van der Waals surface area contributed by atoms with Crippen LogP contribution in [0.3, 0.4) is 0 Å². The molecule has 6 heteroatoms. The summed E-state index contributed by atoms with van der Waals surface area (Å²) in [5.41, 5.74) is 0.519. The lowest BCUT2D eigenvalue weighted by Crippen LogP contribution is -2.27. The molecule has 3 unspecified atom stereocenters. The van der Waals surface area contributed by atoms with Gasteiger partial charge in [0.15, 0.2) is 0 Å². The quantitative estimate of drug-likeness (QED) is 0.869. The molecular weight excluding hydrogens is 288 g/mol. The molecule has 21 heavy (non-hydrogen) atoms. The Hall–Kier alpha value is -1.66. The van der Waals surface area contributed by atoms with Crippen LogP contribution in [0.25, 0.3) is 0 Å². The van der Waals surface area contributed by atoms with Crippen LogP contribution in [0.4, 0.5) is 5.69 Å². The monoisotopic (exact) mass is 305 g/mol. The van der Waals surface area contributed by atoms with Gasteiger partial charge in [-0.05, 0) is 61.7 Å². The lowest BCUT2D eigenvalue weighted by Gasteiger charge is -2.30. The molecule has 112 valence electrons. The number of hydrogen-bond donors (Lipinski definition) is 1. The molecule has 1 aliphatic carbocycles. The van der Waals surface area contributed by atoms with Crippen LogP contribution in [0.2, 0.25) is 0 Å². The number of nitrogens with zero attached hydrogens (tertiary/aromatic N) is 1. The van der Waals surface area contributed by atoms with Crippen molar-refractivity contribution < 1.29 is 13.5 Å². The Kier molecular flexibility index (Phi) is 4.36. The predicted octanol–water partition coefficient (Wildman–Crippen LogP) is 2.80. The van der Waals surface area contributed by atoms with Gasteiger partial charge in [-0.15, -0.1) is 0 Å². The fraction of sp³-hybridized carbons (Fsp3) is 0.400. The molecule has 1 aromatic rings. The van der Waals surface area contributed by atoms with Crippen LogP contribution in [0.15, 0.2) is 41.1 Å². The molecule has 3 rings (SSSR count). The molecule has 0 amide bonds. The van der Waals surface area contributed by atoms with Crippen LogP contribution < -0.4 is 9.46 Å². The van der Waals surface area contributed by atoms with Crippen molar-refractivity contribution in [1.82, 2.24) is 0 Å². The Bertz CT molecular complexity index is 583. The average molecular weight is 305 g/mol. The first kappa shape index (κ1) is 14.3. The highest BCUT2D eigenvalue weighted by molar-refractivity contribution is 7.80. The van der Waals surface area contributed by atoms with E-state index < -0.39 is 11.3 Å². The van der Waals surface area contributed by atoms with Crippen molar-refractivity contribution in [3.8, 4) is 5.75 Å². The number of aliphatic imine (C=N–C) groups is 1. The Morgan fingerprint density at radius 2 is 2.14 bits per heavy atom. The highest BCUT2D eigenvalue weighted by Gasteiger charge is 2.27. The second-order valence-electron chi connectivity index (χ2n) is 5.31. The normalized spacial score (nSPS) is 25.7. The molecule has 0 saturated carbocycles. The van der Waals surface area contributed by atoms with Crippen LogP contribution in [0.5, 0.6) is 5.75 Å². The summed E-state index contributed by atoms with van der Waals surface area (Å²) in [6.45, 7) is 0. The Labute approximate surface area is 126 Å². The summed E-state index contributed by atoms with van der Waals surface area (Å²) >= 11 is -2.30. The second-order valence-corrected chi connectivity index (χ2v) is 5.98. The molecule has 1 aliphatic heterocycles. The second kappa shape index (κ2) is 6.41. The molecule has 1 aromatic carbocycles. The maximum atomic E-state index is 10.5. The van der Waals surface area contributed by atoms with Gasteiger partial charge in [-0.25, -0.2) is 0 Å². The molecule has 0 aromatic heterocycles. The van der Waals surface area contributed by atoms with E-state index in [1.54, 1.807) is 24.3 Å². The zero-order valence-electron chi connectivity index (χ0n) is 11.5. The van der Waals surface area contributed by atoms with Gasteiger partial charge < -0.3 is 14.0 Å². The summed E-state index contributed by atoms with van der Waals surface area (Å²) in [5, 5.41) is 0. The summed E-state index contributed by atoms with van der Waals surface area (Å²) in [7, 11) is 0. The molecule has 3 atom stereocenters. The van der Waals surface area contributed by atoms with Crippen molar-refractivity contribution in [3.05, 3.63) is 36.1 Å². The third-order valence-corrected chi connectivity index (χ3v) is 4.27. The first-order chi connectivity index (χ1) is 10.2. The highest BCUT2D eigenvalue weighted by atomic mass is 32.2. The molecule has 1 N–H and O–H groups in total. The van der Waals surface area contributed by atoms with Crippen molar-refractivity contribution in [2.75, 3.05) is 4.72 Å². The van der Waals surface area contributed by atoms with Gasteiger partial charge in [0.05, 0.1) is 6.04 Å². The van der Waals surface area contributed by atoms with E-state index in [2.05, 4.69) is 15.8 Å². The minimum absolute atomic E-state index is 0.350. The SMILES string of the molecule is O=S([O-])Nc1ccc(OC2=CCC3CCC=NC3C2)cc1. The third-order valence-electron chi connectivity index (χ3n) is 3.87. The summed E-state index contributed by atoms with van der Waals surface area (Å²) in [4.78, 5) is 4.57. The first-order valence-corrected chi connectivity index (χ1v) is 8.13. The van der Waals surface area contributed by atoms with Gasteiger partial charge in [-0.3, -0.25) is 9.20 Å². The van der Waals surface area contributed by atoms with E-state index in [0.29, 0.717) is 23.4 Å². The van der Waals surface area contributed by atoms with Crippen molar-refractivity contribution >= 4 is 23.2 Å². The summed E-state index contributed by atoms with van der Waals surface area (Å²) in [6, 6.07) is 7.22. The number of hydrogen-bond acceptors (Lipinski definition) is 4. The maximum Gasteiger partial charge on any atom is 0.127 e. The number of ether oxygens (including phenoxy) is 1. The highest BCUT2D eigenvalue weighted by Crippen LogP contribution is 2.33. The van der Waals surface area contributed by atoms with E-state index in [-0.39, 0.29) is 0 Å². The van der Waals surface area contributed by atoms with Gasteiger partial charge in [0.1, 0.15) is 11.5 Å². The van der Waals surface area contributed by atoms with Crippen LogP contribution in [-0.2, 0) is 11.3 Å². The molecule has 0 spiro atoms. The van der Waals surface area contributed by atoms with Gasteiger partial charge in [-0.2, -0.15) is 0 Å². The largest absolute Gasteiger partial charge is 0.755 e. The van der Waals surface area contributed by atoms with E-state index in [4.69, 9.17) is 4.74 Å². The number of nitrogens with one attached hydrogen (secondary N) is 1. The third kappa shape index (κ3) is 3.71. The topological polar surface area (TPSA) is 73.8 Å². The fourth-order valence-corrected chi connectivity index (χ4v) is 3.13. The van der Waals surface area contributed by atoms with E-state index in [9.17, 15) is 8.76 Å². The number of rotatable bonds is 4. The number of benzene rings is 1. The molecule has 0 bridgehead atoms. The van der Waals surface area contributed by atoms with Gasteiger partial charge in [0.25, 0.3) is 0 Å². The van der Waals surface area contributed by atoms with Crippen molar-refractivity contribution in [2.24, 2.45) is 10.9 Å². The number of allylic oxidation sites excluding steroid dienone is 1. The summed E-state index contributed by atoms with van der Waals surface area (Å²) in [5.74, 6) is 2.31. The van der Waals surface area contributed by atoms with Gasteiger partial charge in [0, 0.05) is 23.4 Å². The minimum atomic E-state index is -2.30. The van der Waals surface area contributed by atoms with Crippen LogP contribution >= 0.6 is 0 Å². The molecule has 0 fully saturated rings. The fourth-order valence-electron chi connectivity index (χ4n) is 2.80. The van der Waals surface area contributed by atoms with E-state index in [1.165, 1.54) is 6.42 Å². The standard InChI is InChI=1S/C15H18N2O3S/c18-21(19)17-12-4-7-13(8-5-12)20-14-6-3-11-2-1-9-16-15(11)10-14/h4-9,11,15,17H,1-3,10H2,(H,18,19)/p-1. The Balaban J connectivity index is 1.63. The maximum absolute atomic E-state index is 10.5. The lowest BCUT2D eigenvalue weighted by molar-refractivity contribution is 0.305. The molecule has 0 saturated heterocycles. The van der Waals surface area contributed by atoms with Gasteiger partial charge >= 0.3 is 0 Å². The zero-order chi connectivity index (χ0) is 14.7. The van der Waals surface area contributed by atoms with E-state index in [0.717, 1.165) is 25.0 Å². The first-order valence-electron chi connectivity index (χ1n) is 7.05. The molecule has 2 aliphatic rings.